The fourth-order valence-electron chi connectivity index (χ4n) is 3.15. The maximum Gasteiger partial charge on any atom is 0.134 e. The molecule has 2 heteroatoms. The largest absolute Gasteiger partial charge is 0.458 e. The van der Waals surface area contributed by atoms with Gasteiger partial charge in [-0.05, 0) is 36.8 Å². The Kier molecular flexibility index (Phi) is 3.13. The van der Waals surface area contributed by atoms with Gasteiger partial charge in [0.05, 0.1) is 0 Å². The van der Waals surface area contributed by atoms with Gasteiger partial charge in [0.2, 0.25) is 0 Å². The van der Waals surface area contributed by atoms with E-state index in [4.69, 9.17) is 4.42 Å². The van der Waals surface area contributed by atoms with Crippen LogP contribution in [0.5, 0.6) is 0 Å². The van der Waals surface area contributed by atoms with E-state index in [1.807, 2.05) is 30.3 Å². The molecule has 2 aromatic rings. The minimum atomic E-state index is -0.436. The van der Waals surface area contributed by atoms with Crippen molar-refractivity contribution in [2.45, 2.75) is 38.7 Å². The average molecular weight is 244 g/mol. The van der Waals surface area contributed by atoms with E-state index in [0.717, 1.165) is 35.5 Å². The van der Waals surface area contributed by atoms with Gasteiger partial charge in [0.1, 0.15) is 17.4 Å². The number of fused-ring (bicyclic) bond motifs is 1. The third-order valence-electron chi connectivity index (χ3n) is 4.34. The van der Waals surface area contributed by atoms with Crippen molar-refractivity contribution in [1.29, 1.82) is 0 Å². The Morgan fingerprint density at radius 1 is 1.33 bits per heavy atom. The van der Waals surface area contributed by atoms with E-state index < -0.39 is 6.10 Å². The van der Waals surface area contributed by atoms with Crippen LogP contribution in [0, 0.1) is 11.8 Å². The van der Waals surface area contributed by atoms with Gasteiger partial charge in [-0.2, -0.15) is 0 Å². The Balaban J connectivity index is 1.81. The van der Waals surface area contributed by atoms with Crippen LogP contribution >= 0.6 is 0 Å². The molecule has 0 amide bonds. The number of hydrogen-bond donors (Lipinski definition) is 1. The predicted octanol–water partition coefficient (Wildman–Crippen LogP) is 4.29. The number of aliphatic hydroxyl groups excluding tert-OH is 1. The summed E-state index contributed by atoms with van der Waals surface area (Å²) in [6.07, 6.45) is 4.29. The summed E-state index contributed by atoms with van der Waals surface area (Å²) in [6, 6.07) is 9.92. The smallest absolute Gasteiger partial charge is 0.134 e. The van der Waals surface area contributed by atoms with E-state index in [9.17, 15) is 5.11 Å². The third kappa shape index (κ3) is 2.05. The van der Waals surface area contributed by atoms with E-state index in [0.29, 0.717) is 5.92 Å². The minimum Gasteiger partial charge on any atom is -0.458 e. The maximum atomic E-state index is 10.4. The number of furan rings is 1. The summed E-state index contributed by atoms with van der Waals surface area (Å²) in [4.78, 5) is 0. The molecule has 18 heavy (non-hydrogen) atoms. The van der Waals surface area contributed by atoms with Crippen molar-refractivity contribution in [1.82, 2.24) is 0 Å². The monoisotopic (exact) mass is 244 g/mol. The van der Waals surface area contributed by atoms with Crippen LogP contribution in [0.1, 0.15) is 44.5 Å². The summed E-state index contributed by atoms with van der Waals surface area (Å²) in [6.45, 7) is 2.24. The number of hydrogen-bond acceptors (Lipinski definition) is 2. The van der Waals surface area contributed by atoms with Crippen molar-refractivity contribution >= 4 is 11.0 Å². The highest BCUT2D eigenvalue weighted by atomic mass is 16.4. The lowest BCUT2D eigenvalue weighted by Crippen LogP contribution is -2.08. The number of rotatable bonds is 3. The van der Waals surface area contributed by atoms with Gasteiger partial charge in [-0.15, -0.1) is 0 Å². The first-order valence-electron chi connectivity index (χ1n) is 6.94. The molecule has 2 nitrogen and oxygen atoms in total. The first-order chi connectivity index (χ1) is 8.78. The van der Waals surface area contributed by atoms with Gasteiger partial charge < -0.3 is 9.52 Å². The van der Waals surface area contributed by atoms with Crippen molar-refractivity contribution in [2.24, 2.45) is 11.8 Å². The summed E-state index contributed by atoms with van der Waals surface area (Å²) in [5.41, 5.74) is 0.872. The molecule has 96 valence electrons. The van der Waals surface area contributed by atoms with Gasteiger partial charge in [0.25, 0.3) is 0 Å². The van der Waals surface area contributed by atoms with Gasteiger partial charge in [-0.3, -0.25) is 0 Å². The number of benzene rings is 1. The molecule has 1 aliphatic rings. The third-order valence-corrected chi connectivity index (χ3v) is 4.34. The SMILES string of the molecule is CCC1CCC(C(O)c2cc3ccccc3o2)C1. The van der Waals surface area contributed by atoms with Gasteiger partial charge in [0.15, 0.2) is 0 Å². The van der Waals surface area contributed by atoms with Gasteiger partial charge in [-0.1, -0.05) is 38.0 Å². The molecule has 0 radical (unpaired) electrons. The van der Waals surface area contributed by atoms with Crippen LogP contribution in [-0.4, -0.2) is 5.11 Å². The second kappa shape index (κ2) is 4.77. The fraction of sp³-hybridized carbons (Fsp3) is 0.500. The van der Waals surface area contributed by atoms with E-state index in [2.05, 4.69) is 6.92 Å². The van der Waals surface area contributed by atoms with Crippen LogP contribution in [0.2, 0.25) is 0 Å². The fourth-order valence-corrected chi connectivity index (χ4v) is 3.15. The molecule has 3 unspecified atom stereocenters. The van der Waals surface area contributed by atoms with E-state index >= 15 is 0 Å². The Labute approximate surface area is 108 Å². The average Bonchev–Trinajstić information content (AvgIpc) is 3.04. The van der Waals surface area contributed by atoms with Gasteiger partial charge >= 0.3 is 0 Å². The molecule has 1 aliphatic carbocycles. The van der Waals surface area contributed by atoms with E-state index in [-0.39, 0.29) is 0 Å². The molecule has 3 rings (SSSR count). The van der Waals surface area contributed by atoms with Crippen molar-refractivity contribution in [3.8, 4) is 0 Å². The molecule has 0 aliphatic heterocycles. The van der Waals surface area contributed by atoms with Crippen molar-refractivity contribution in [3.63, 3.8) is 0 Å². The predicted molar refractivity (Wildman–Crippen MR) is 72.3 cm³/mol. The second-order valence-electron chi connectivity index (χ2n) is 5.48. The minimum absolute atomic E-state index is 0.371. The van der Waals surface area contributed by atoms with Crippen molar-refractivity contribution in [2.75, 3.05) is 0 Å². The lowest BCUT2D eigenvalue weighted by molar-refractivity contribution is 0.0882. The maximum absolute atomic E-state index is 10.4. The van der Waals surface area contributed by atoms with Crippen LogP contribution in [0.3, 0.4) is 0 Å². The summed E-state index contributed by atoms with van der Waals surface area (Å²) < 4.78 is 5.76. The molecule has 0 spiro atoms. The van der Waals surface area contributed by atoms with Crippen molar-refractivity contribution in [3.05, 3.63) is 36.1 Å². The first-order valence-corrected chi connectivity index (χ1v) is 6.94. The zero-order valence-electron chi connectivity index (χ0n) is 10.8. The van der Waals surface area contributed by atoms with Crippen LogP contribution in [0.15, 0.2) is 34.7 Å². The summed E-state index contributed by atoms with van der Waals surface area (Å²) in [5.74, 6) is 1.89. The summed E-state index contributed by atoms with van der Waals surface area (Å²) >= 11 is 0. The van der Waals surface area contributed by atoms with Crippen molar-refractivity contribution < 1.29 is 9.52 Å². The zero-order chi connectivity index (χ0) is 12.5. The van der Waals surface area contributed by atoms with Gasteiger partial charge in [0, 0.05) is 5.39 Å². The molecular weight excluding hydrogens is 224 g/mol. The zero-order valence-corrected chi connectivity index (χ0v) is 10.8. The highest BCUT2D eigenvalue weighted by Gasteiger charge is 2.31. The molecule has 1 saturated carbocycles. The molecule has 0 bridgehead atoms. The molecule has 1 N–H and O–H groups in total. The normalized spacial score (nSPS) is 25.7. The number of para-hydroxylation sites is 1. The van der Waals surface area contributed by atoms with Crippen LogP contribution < -0.4 is 0 Å². The molecular formula is C16H20O2. The Morgan fingerprint density at radius 3 is 2.89 bits per heavy atom. The summed E-state index contributed by atoms with van der Waals surface area (Å²) in [5, 5.41) is 11.5. The summed E-state index contributed by atoms with van der Waals surface area (Å²) in [7, 11) is 0. The highest BCUT2D eigenvalue weighted by Crippen LogP contribution is 2.41. The number of aliphatic hydroxyl groups is 1. The lowest BCUT2D eigenvalue weighted by Gasteiger charge is -2.15. The molecule has 1 fully saturated rings. The van der Waals surface area contributed by atoms with Gasteiger partial charge in [-0.25, -0.2) is 0 Å². The Hall–Kier alpha value is -1.28. The standard InChI is InChI=1S/C16H20O2/c1-2-11-7-8-13(9-11)16(17)15-10-12-5-3-4-6-14(12)18-15/h3-6,10-11,13,16-17H,2,7-9H2,1H3. The van der Waals surface area contributed by atoms with E-state index in [1.165, 1.54) is 12.8 Å². The van der Waals surface area contributed by atoms with Crippen LogP contribution in [-0.2, 0) is 0 Å². The Bertz CT molecular complexity index is 496. The van der Waals surface area contributed by atoms with Crippen LogP contribution in [0.25, 0.3) is 11.0 Å². The Morgan fingerprint density at radius 2 is 2.17 bits per heavy atom. The molecule has 1 heterocycles. The second-order valence-corrected chi connectivity index (χ2v) is 5.48. The molecule has 1 aromatic carbocycles. The van der Waals surface area contributed by atoms with Crippen LogP contribution in [0.4, 0.5) is 0 Å². The first kappa shape index (κ1) is 11.8. The molecule has 3 atom stereocenters. The molecule has 0 saturated heterocycles. The topological polar surface area (TPSA) is 33.4 Å². The van der Waals surface area contributed by atoms with E-state index in [1.54, 1.807) is 0 Å². The highest BCUT2D eigenvalue weighted by molar-refractivity contribution is 5.77. The lowest BCUT2D eigenvalue weighted by atomic mass is 9.96. The quantitative estimate of drug-likeness (QED) is 0.873. The molecule has 1 aromatic heterocycles.